The lowest BCUT2D eigenvalue weighted by molar-refractivity contribution is 0.238. The molecule has 0 saturated heterocycles. The third-order valence-electron chi connectivity index (χ3n) is 6.46. The number of hydrogen-bond acceptors (Lipinski definition) is 1. The molecular formula is C26H24O. The summed E-state index contributed by atoms with van der Waals surface area (Å²) < 4.78 is 0. The molecule has 5 rings (SSSR count). The summed E-state index contributed by atoms with van der Waals surface area (Å²) in [6.07, 6.45) is 4.02. The Labute approximate surface area is 160 Å². The van der Waals surface area contributed by atoms with Gasteiger partial charge in [0.05, 0.1) is 0 Å². The first-order valence-electron chi connectivity index (χ1n) is 9.86. The summed E-state index contributed by atoms with van der Waals surface area (Å²) in [7, 11) is 0. The van der Waals surface area contributed by atoms with Gasteiger partial charge in [-0.2, -0.15) is 0 Å². The van der Waals surface area contributed by atoms with Gasteiger partial charge in [0.15, 0.2) is 0 Å². The molecule has 2 aliphatic carbocycles. The van der Waals surface area contributed by atoms with Gasteiger partial charge in [0.2, 0.25) is 0 Å². The Kier molecular flexibility index (Phi) is 3.47. The zero-order chi connectivity index (χ0) is 18.9. The van der Waals surface area contributed by atoms with E-state index in [9.17, 15) is 5.11 Å². The quantitative estimate of drug-likeness (QED) is 0.582. The fourth-order valence-corrected chi connectivity index (χ4v) is 5.19. The van der Waals surface area contributed by atoms with Crippen LogP contribution in [-0.2, 0) is 19.3 Å². The SMILES string of the molecule is C=CC1=c2c3c(cc(CC)c2=C)Cc2cccc4c(CC)cc(c-3c24)C1O. The zero-order valence-electron chi connectivity index (χ0n) is 16.0. The first kappa shape index (κ1) is 16.5. The normalized spacial score (nSPS) is 16.7. The first-order valence-corrected chi connectivity index (χ1v) is 9.86. The summed E-state index contributed by atoms with van der Waals surface area (Å²) in [5, 5.41) is 16.1. The lowest BCUT2D eigenvalue weighted by atomic mass is 9.73. The summed E-state index contributed by atoms with van der Waals surface area (Å²) >= 11 is 0. The van der Waals surface area contributed by atoms with Gasteiger partial charge in [-0.1, -0.05) is 63.4 Å². The summed E-state index contributed by atoms with van der Waals surface area (Å²) in [4.78, 5) is 0. The van der Waals surface area contributed by atoms with E-state index in [2.05, 4.69) is 57.3 Å². The van der Waals surface area contributed by atoms with Crippen LogP contribution in [0.1, 0.15) is 47.8 Å². The van der Waals surface area contributed by atoms with Crippen LogP contribution in [0.5, 0.6) is 0 Å². The fraction of sp³-hybridized carbons (Fsp3) is 0.231. The van der Waals surface area contributed by atoms with Crippen molar-refractivity contribution in [1.82, 2.24) is 0 Å². The molecule has 0 spiro atoms. The maximum absolute atomic E-state index is 11.3. The van der Waals surface area contributed by atoms with Gasteiger partial charge in [-0.25, -0.2) is 0 Å². The second-order valence-electron chi connectivity index (χ2n) is 7.71. The van der Waals surface area contributed by atoms with E-state index in [1.807, 2.05) is 6.08 Å². The molecule has 3 aromatic carbocycles. The van der Waals surface area contributed by atoms with Crippen LogP contribution >= 0.6 is 0 Å². The van der Waals surface area contributed by atoms with Gasteiger partial charge in [-0.05, 0) is 85.0 Å². The maximum Gasteiger partial charge on any atom is 0.105 e. The van der Waals surface area contributed by atoms with E-state index >= 15 is 0 Å². The lowest BCUT2D eigenvalue weighted by Crippen LogP contribution is -2.37. The fourth-order valence-electron chi connectivity index (χ4n) is 5.19. The van der Waals surface area contributed by atoms with Crippen molar-refractivity contribution in [2.45, 2.75) is 39.2 Å². The summed E-state index contributed by atoms with van der Waals surface area (Å²) in [6.45, 7) is 12.8. The number of aryl methyl sites for hydroxylation is 2. The molecule has 1 heteroatoms. The van der Waals surface area contributed by atoms with Crippen molar-refractivity contribution in [2.24, 2.45) is 0 Å². The highest BCUT2D eigenvalue weighted by Gasteiger charge is 2.32. The largest absolute Gasteiger partial charge is 0.384 e. The summed E-state index contributed by atoms with van der Waals surface area (Å²) in [5.41, 5.74) is 9.72. The highest BCUT2D eigenvalue weighted by Crippen LogP contribution is 2.46. The Morgan fingerprint density at radius 2 is 1.85 bits per heavy atom. The molecule has 134 valence electrons. The van der Waals surface area contributed by atoms with Gasteiger partial charge in [0.25, 0.3) is 0 Å². The van der Waals surface area contributed by atoms with E-state index < -0.39 is 6.10 Å². The van der Waals surface area contributed by atoms with Crippen LogP contribution in [0.15, 0.2) is 43.0 Å². The predicted octanol–water partition coefficient (Wildman–Crippen LogP) is 4.33. The number of benzene rings is 3. The highest BCUT2D eigenvalue weighted by atomic mass is 16.3. The van der Waals surface area contributed by atoms with Crippen LogP contribution < -0.4 is 10.4 Å². The van der Waals surface area contributed by atoms with Gasteiger partial charge < -0.3 is 5.11 Å². The molecule has 1 atom stereocenters. The van der Waals surface area contributed by atoms with Crippen LogP contribution in [0.2, 0.25) is 0 Å². The molecule has 1 unspecified atom stereocenters. The Morgan fingerprint density at radius 1 is 1.07 bits per heavy atom. The van der Waals surface area contributed by atoms with Crippen LogP contribution in [0.3, 0.4) is 0 Å². The van der Waals surface area contributed by atoms with Crippen LogP contribution in [-0.4, -0.2) is 5.11 Å². The number of hydrogen-bond donors (Lipinski definition) is 1. The Morgan fingerprint density at radius 3 is 2.56 bits per heavy atom. The standard InChI is InChI=1S/C26H24O/c1-5-15-11-18-12-17-9-8-10-20-16(6-2)13-21-25(23(17)20)24(18)22(14(15)4)19(7-3)26(21)27/h7-11,13,26-27H,3-6,12H2,1-2H3. The van der Waals surface area contributed by atoms with Crippen molar-refractivity contribution in [3.05, 3.63) is 81.2 Å². The topological polar surface area (TPSA) is 20.2 Å². The molecule has 0 bridgehead atoms. The summed E-state index contributed by atoms with van der Waals surface area (Å²) in [5.74, 6) is 0. The molecular weight excluding hydrogens is 328 g/mol. The zero-order valence-corrected chi connectivity index (χ0v) is 16.0. The first-order chi connectivity index (χ1) is 13.1. The van der Waals surface area contributed by atoms with Crippen LogP contribution in [0, 0.1) is 0 Å². The van der Waals surface area contributed by atoms with Gasteiger partial charge in [-0.3, -0.25) is 0 Å². The molecule has 0 aliphatic heterocycles. The predicted molar refractivity (Wildman–Crippen MR) is 114 cm³/mol. The lowest BCUT2D eigenvalue weighted by Gasteiger charge is -2.32. The number of aliphatic hydroxyl groups is 1. The van der Waals surface area contributed by atoms with Crippen LogP contribution in [0.25, 0.3) is 34.1 Å². The molecule has 27 heavy (non-hydrogen) atoms. The van der Waals surface area contributed by atoms with E-state index in [4.69, 9.17) is 0 Å². The minimum atomic E-state index is -0.647. The minimum Gasteiger partial charge on any atom is -0.384 e. The second kappa shape index (κ2) is 5.68. The minimum absolute atomic E-state index is 0.647. The van der Waals surface area contributed by atoms with Crippen molar-refractivity contribution in [3.8, 4) is 11.1 Å². The second-order valence-corrected chi connectivity index (χ2v) is 7.71. The Hall–Kier alpha value is -2.64. The van der Waals surface area contributed by atoms with Gasteiger partial charge in [0.1, 0.15) is 6.10 Å². The van der Waals surface area contributed by atoms with Crippen molar-refractivity contribution >= 4 is 22.9 Å². The smallest absolute Gasteiger partial charge is 0.105 e. The molecule has 3 aromatic rings. The average molecular weight is 352 g/mol. The monoisotopic (exact) mass is 352 g/mol. The van der Waals surface area contributed by atoms with Gasteiger partial charge >= 0.3 is 0 Å². The Balaban J connectivity index is 2.10. The van der Waals surface area contributed by atoms with E-state index in [1.54, 1.807) is 0 Å². The Bertz CT molecular complexity index is 1260. The summed E-state index contributed by atoms with van der Waals surface area (Å²) in [6, 6.07) is 11.2. The molecule has 1 nitrogen and oxygen atoms in total. The van der Waals surface area contributed by atoms with Gasteiger partial charge in [-0.15, -0.1) is 0 Å². The highest BCUT2D eigenvalue weighted by molar-refractivity contribution is 6.07. The molecule has 1 N–H and O–H groups in total. The van der Waals surface area contributed by atoms with E-state index in [1.165, 1.54) is 44.2 Å². The maximum atomic E-state index is 11.3. The number of aliphatic hydroxyl groups excluding tert-OH is 1. The third kappa shape index (κ3) is 1.98. The van der Waals surface area contributed by atoms with Crippen LogP contribution in [0.4, 0.5) is 0 Å². The molecule has 0 saturated carbocycles. The van der Waals surface area contributed by atoms with Gasteiger partial charge in [0, 0.05) is 0 Å². The van der Waals surface area contributed by atoms with E-state index in [0.717, 1.165) is 40.8 Å². The average Bonchev–Trinajstić information content (AvgIpc) is 2.69. The number of rotatable bonds is 3. The molecule has 0 heterocycles. The van der Waals surface area contributed by atoms with E-state index in [0.29, 0.717) is 0 Å². The van der Waals surface area contributed by atoms with E-state index in [-0.39, 0.29) is 0 Å². The van der Waals surface area contributed by atoms with Crippen molar-refractivity contribution in [1.29, 1.82) is 0 Å². The van der Waals surface area contributed by atoms with Crippen molar-refractivity contribution in [2.75, 3.05) is 0 Å². The molecule has 0 aromatic heterocycles. The van der Waals surface area contributed by atoms with Crippen molar-refractivity contribution in [3.63, 3.8) is 0 Å². The third-order valence-corrected chi connectivity index (χ3v) is 6.46. The molecule has 2 aliphatic rings. The van der Waals surface area contributed by atoms with Crippen molar-refractivity contribution < 1.29 is 5.11 Å². The molecule has 0 amide bonds. The molecule has 0 radical (unpaired) electrons. The molecule has 0 fully saturated rings.